The van der Waals surface area contributed by atoms with E-state index in [-0.39, 0.29) is 13.2 Å². The Morgan fingerprint density at radius 3 is 2.26 bits per heavy atom. The highest BCUT2D eigenvalue weighted by Crippen LogP contribution is 2.27. The third-order valence-corrected chi connectivity index (χ3v) is 2.88. The molecule has 0 fully saturated rings. The van der Waals surface area contributed by atoms with E-state index in [0.717, 1.165) is 0 Å². The molecule has 0 aliphatic rings. The molecular weight excluding hydrogens is 252 g/mol. The molecule has 0 aromatic heterocycles. The highest BCUT2D eigenvalue weighted by atomic mass is 16.7. The molecule has 0 radical (unpaired) electrons. The average molecular weight is 274 g/mol. The van der Waals surface area contributed by atoms with Gasteiger partial charge in [-0.1, -0.05) is 6.92 Å². The summed E-state index contributed by atoms with van der Waals surface area (Å²) in [6.45, 7) is 8.03. The molecule has 0 aromatic carbocycles. The summed E-state index contributed by atoms with van der Waals surface area (Å²) in [5, 5.41) is 0. The third kappa shape index (κ3) is 6.33. The molecule has 0 bridgehead atoms. The Balaban J connectivity index is 4.11. The Hall–Kier alpha value is -1.43. The molecule has 0 aliphatic heterocycles. The summed E-state index contributed by atoms with van der Waals surface area (Å²) in [4.78, 5) is 33.1. The fourth-order valence-electron chi connectivity index (χ4n) is 1.09. The Morgan fingerprint density at radius 2 is 1.79 bits per heavy atom. The van der Waals surface area contributed by atoms with Crippen LogP contribution in [0.5, 0.6) is 0 Å². The lowest BCUT2D eigenvalue weighted by molar-refractivity contribution is -0.190. The second kappa shape index (κ2) is 7.89. The number of esters is 2. The van der Waals surface area contributed by atoms with Crippen molar-refractivity contribution in [2.75, 3.05) is 13.2 Å². The van der Waals surface area contributed by atoms with E-state index in [2.05, 4.69) is 4.74 Å². The first-order valence-corrected chi connectivity index (χ1v) is 6.13. The van der Waals surface area contributed by atoms with E-state index >= 15 is 0 Å². The van der Waals surface area contributed by atoms with Crippen LogP contribution in [0, 0.1) is 11.3 Å². The summed E-state index contributed by atoms with van der Waals surface area (Å²) in [5.74, 6) is -1.35. The van der Waals surface area contributed by atoms with E-state index in [0.29, 0.717) is 6.29 Å². The van der Waals surface area contributed by atoms with Gasteiger partial charge in [-0.2, -0.15) is 0 Å². The van der Waals surface area contributed by atoms with Crippen LogP contribution < -0.4 is 0 Å². The zero-order valence-corrected chi connectivity index (χ0v) is 12.1. The summed E-state index contributed by atoms with van der Waals surface area (Å²) in [5.41, 5.74) is -0.907. The molecule has 0 spiro atoms. The molecule has 0 saturated heterocycles. The van der Waals surface area contributed by atoms with Gasteiger partial charge in [-0.25, -0.2) is 0 Å². The fraction of sp³-hybridized carbons (Fsp3) is 0.769. The standard InChI is InChI=1S/C13H22O6/c1-9(8-14)13(4,5)12(16)19-11(3)18-7-6-17-10(2)15/h8-9,11H,6-7H2,1-5H3. The zero-order chi connectivity index (χ0) is 15.1. The van der Waals surface area contributed by atoms with Crippen molar-refractivity contribution >= 4 is 18.2 Å². The molecule has 0 amide bonds. The third-order valence-electron chi connectivity index (χ3n) is 2.88. The van der Waals surface area contributed by atoms with Crippen LogP contribution in [0.4, 0.5) is 0 Å². The van der Waals surface area contributed by atoms with Crippen molar-refractivity contribution in [3.63, 3.8) is 0 Å². The van der Waals surface area contributed by atoms with Crippen molar-refractivity contribution < 1.29 is 28.6 Å². The Kier molecular flexibility index (Phi) is 7.29. The van der Waals surface area contributed by atoms with Crippen molar-refractivity contribution in [2.24, 2.45) is 11.3 Å². The van der Waals surface area contributed by atoms with Gasteiger partial charge in [0.2, 0.25) is 0 Å². The minimum atomic E-state index is -0.907. The number of carbonyl (C=O) groups is 3. The molecule has 0 rings (SSSR count). The molecule has 0 N–H and O–H groups in total. The molecule has 0 heterocycles. The molecule has 6 heteroatoms. The molecular formula is C13H22O6. The zero-order valence-electron chi connectivity index (χ0n) is 12.1. The second-order valence-electron chi connectivity index (χ2n) is 4.83. The maximum Gasteiger partial charge on any atom is 0.314 e. The van der Waals surface area contributed by atoms with Crippen LogP contribution in [0.15, 0.2) is 0 Å². The van der Waals surface area contributed by atoms with Gasteiger partial charge >= 0.3 is 11.9 Å². The SMILES string of the molecule is CC(=O)OCCOC(C)OC(=O)C(C)(C)C(C)C=O. The number of carbonyl (C=O) groups excluding carboxylic acids is 3. The van der Waals surface area contributed by atoms with Gasteiger partial charge in [0.05, 0.1) is 12.0 Å². The van der Waals surface area contributed by atoms with E-state index in [4.69, 9.17) is 9.47 Å². The lowest BCUT2D eigenvalue weighted by Gasteiger charge is -2.27. The Labute approximate surface area is 113 Å². The van der Waals surface area contributed by atoms with Crippen LogP contribution in [0.1, 0.15) is 34.6 Å². The normalized spacial score (nSPS) is 14.4. The first-order valence-electron chi connectivity index (χ1n) is 6.13. The van der Waals surface area contributed by atoms with Gasteiger partial charge in [0.25, 0.3) is 0 Å². The van der Waals surface area contributed by atoms with E-state index in [9.17, 15) is 14.4 Å². The van der Waals surface area contributed by atoms with Crippen molar-refractivity contribution in [1.82, 2.24) is 0 Å². The minimum absolute atomic E-state index is 0.103. The van der Waals surface area contributed by atoms with E-state index in [1.807, 2.05) is 0 Å². The average Bonchev–Trinajstić information content (AvgIpc) is 2.33. The smallest absolute Gasteiger partial charge is 0.314 e. The summed E-state index contributed by atoms with van der Waals surface area (Å²) >= 11 is 0. The van der Waals surface area contributed by atoms with Gasteiger partial charge < -0.3 is 19.0 Å². The summed E-state index contributed by atoms with van der Waals surface area (Å²) in [6.07, 6.45) is -0.0470. The highest BCUT2D eigenvalue weighted by Gasteiger charge is 2.36. The highest BCUT2D eigenvalue weighted by molar-refractivity contribution is 5.80. The number of aldehydes is 1. The fourth-order valence-corrected chi connectivity index (χ4v) is 1.09. The molecule has 0 saturated carbocycles. The van der Waals surface area contributed by atoms with E-state index in [1.54, 1.807) is 27.7 Å². The summed E-state index contributed by atoms with van der Waals surface area (Å²) in [7, 11) is 0. The Bertz CT molecular complexity index is 323. The molecule has 2 atom stereocenters. The molecule has 19 heavy (non-hydrogen) atoms. The van der Waals surface area contributed by atoms with Crippen molar-refractivity contribution in [2.45, 2.75) is 40.9 Å². The predicted octanol–water partition coefficient (Wildman–Crippen LogP) is 1.32. The van der Waals surface area contributed by atoms with Crippen molar-refractivity contribution in [1.29, 1.82) is 0 Å². The number of ether oxygens (including phenoxy) is 3. The topological polar surface area (TPSA) is 78.9 Å². The second-order valence-corrected chi connectivity index (χ2v) is 4.83. The molecule has 2 unspecified atom stereocenters. The van der Waals surface area contributed by atoms with Gasteiger partial charge in [-0.3, -0.25) is 9.59 Å². The molecule has 0 aliphatic carbocycles. The van der Waals surface area contributed by atoms with Crippen LogP contribution in [0.2, 0.25) is 0 Å². The summed E-state index contributed by atoms with van der Waals surface area (Å²) in [6, 6.07) is 0. The largest absolute Gasteiger partial charge is 0.463 e. The maximum atomic E-state index is 11.9. The van der Waals surface area contributed by atoms with Crippen LogP contribution in [0.25, 0.3) is 0 Å². The number of hydrogen-bond acceptors (Lipinski definition) is 6. The minimum Gasteiger partial charge on any atom is -0.463 e. The lowest BCUT2D eigenvalue weighted by Crippen LogP contribution is -2.36. The first kappa shape index (κ1) is 17.6. The number of rotatable bonds is 8. The van der Waals surface area contributed by atoms with E-state index in [1.165, 1.54) is 6.92 Å². The lowest BCUT2D eigenvalue weighted by atomic mass is 9.81. The van der Waals surface area contributed by atoms with Gasteiger partial charge in [-0.15, -0.1) is 0 Å². The van der Waals surface area contributed by atoms with Gasteiger partial charge in [0, 0.05) is 12.8 Å². The van der Waals surface area contributed by atoms with E-state index < -0.39 is 29.6 Å². The van der Waals surface area contributed by atoms with Crippen LogP contribution >= 0.6 is 0 Å². The summed E-state index contributed by atoms with van der Waals surface area (Å²) < 4.78 is 14.9. The van der Waals surface area contributed by atoms with Crippen LogP contribution in [0.3, 0.4) is 0 Å². The van der Waals surface area contributed by atoms with Crippen LogP contribution in [-0.2, 0) is 28.6 Å². The maximum absolute atomic E-state index is 11.9. The van der Waals surface area contributed by atoms with Crippen molar-refractivity contribution in [3.05, 3.63) is 0 Å². The first-order chi connectivity index (χ1) is 8.71. The Morgan fingerprint density at radius 1 is 1.21 bits per heavy atom. The number of hydrogen-bond donors (Lipinski definition) is 0. The van der Waals surface area contributed by atoms with Crippen LogP contribution in [-0.4, -0.2) is 37.7 Å². The predicted molar refractivity (Wildman–Crippen MR) is 67.1 cm³/mol. The van der Waals surface area contributed by atoms with Crippen molar-refractivity contribution in [3.8, 4) is 0 Å². The monoisotopic (exact) mass is 274 g/mol. The quantitative estimate of drug-likeness (QED) is 0.287. The molecule has 6 nitrogen and oxygen atoms in total. The van der Waals surface area contributed by atoms with Gasteiger partial charge in [0.15, 0.2) is 6.29 Å². The van der Waals surface area contributed by atoms with Gasteiger partial charge in [0.1, 0.15) is 12.9 Å². The molecule has 0 aromatic rings. The molecule has 110 valence electrons. The van der Waals surface area contributed by atoms with Gasteiger partial charge in [-0.05, 0) is 20.8 Å².